The quantitative estimate of drug-likeness (QED) is 0.674. The normalized spacial score (nSPS) is 27.2. The number of epoxide rings is 1. The van der Waals surface area contributed by atoms with Crippen LogP contribution in [0.25, 0.3) is 0 Å². The number of rotatable bonds is 2. The first-order valence-electron chi connectivity index (χ1n) is 3.89. The van der Waals surface area contributed by atoms with Crippen molar-refractivity contribution in [2.24, 2.45) is 0 Å². The highest BCUT2D eigenvalue weighted by Gasteiger charge is 2.38. The number of hydrogen-bond acceptors (Lipinski definition) is 2. The van der Waals surface area contributed by atoms with E-state index < -0.39 is 0 Å². The SMILES string of the molecule is CNC1OC1c1ccc(F)cc1. The predicted octanol–water partition coefficient (Wildman–Crippen LogP) is 1.44. The lowest BCUT2D eigenvalue weighted by Crippen LogP contribution is -2.10. The van der Waals surface area contributed by atoms with Gasteiger partial charge in [0.05, 0.1) is 0 Å². The van der Waals surface area contributed by atoms with Crippen LogP contribution in [0.1, 0.15) is 11.7 Å². The van der Waals surface area contributed by atoms with E-state index >= 15 is 0 Å². The first-order chi connectivity index (χ1) is 5.81. The van der Waals surface area contributed by atoms with Gasteiger partial charge in [-0.25, -0.2) is 4.39 Å². The summed E-state index contributed by atoms with van der Waals surface area (Å²) in [5.41, 5.74) is 1.02. The topological polar surface area (TPSA) is 24.6 Å². The third-order valence-electron chi connectivity index (χ3n) is 1.97. The summed E-state index contributed by atoms with van der Waals surface area (Å²) in [6, 6.07) is 6.39. The number of benzene rings is 1. The van der Waals surface area contributed by atoms with Gasteiger partial charge in [0.2, 0.25) is 0 Å². The molecule has 1 aliphatic heterocycles. The van der Waals surface area contributed by atoms with Crippen molar-refractivity contribution in [3.05, 3.63) is 35.6 Å². The molecule has 1 saturated heterocycles. The first kappa shape index (κ1) is 7.71. The number of ether oxygens (including phenoxy) is 1. The van der Waals surface area contributed by atoms with E-state index in [1.807, 2.05) is 7.05 Å². The standard InChI is InChI=1S/C9H10FNO/c1-11-9-8(12-9)6-2-4-7(10)5-3-6/h2-5,8-9,11H,1H3. The largest absolute Gasteiger partial charge is 0.348 e. The zero-order valence-corrected chi connectivity index (χ0v) is 6.75. The van der Waals surface area contributed by atoms with Gasteiger partial charge in [-0.1, -0.05) is 12.1 Å². The molecule has 2 rings (SSSR count). The summed E-state index contributed by atoms with van der Waals surface area (Å²) < 4.78 is 17.8. The average molecular weight is 167 g/mol. The van der Waals surface area contributed by atoms with Gasteiger partial charge in [-0.3, -0.25) is 5.32 Å². The van der Waals surface area contributed by atoms with E-state index in [9.17, 15) is 4.39 Å². The summed E-state index contributed by atoms with van der Waals surface area (Å²) in [4.78, 5) is 0. The van der Waals surface area contributed by atoms with Gasteiger partial charge >= 0.3 is 0 Å². The second kappa shape index (κ2) is 2.84. The molecule has 0 aliphatic carbocycles. The van der Waals surface area contributed by atoms with Crippen molar-refractivity contribution in [2.45, 2.75) is 12.3 Å². The number of hydrogen-bond donors (Lipinski definition) is 1. The third kappa shape index (κ3) is 1.33. The second-order valence-corrected chi connectivity index (χ2v) is 2.82. The van der Waals surface area contributed by atoms with Gasteiger partial charge in [0, 0.05) is 0 Å². The summed E-state index contributed by atoms with van der Waals surface area (Å²) in [6.07, 6.45) is 0.214. The maximum Gasteiger partial charge on any atom is 0.139 e. The lowest BCUT2D eigenvalue weighted by molar-refractivity contribution is 0.356. The summed E-state index contributed by atoms with van der Waals surface area (Å²) in [5.74, 6) is -0.208. The zero-order chi connectivity index (χ0) is 8.55. The van der Waals surface area contributed by atoms with Crippen LogP contribution in [-0.4, -0.2) is 13.3 Å². The molecule has 1 fully saturated rings. The van der Waals surface area contributed by atoms with Gasteiger partial charge in [0.1, 0.15) is 18.1 Å². The van der Waals surface area contributed by atoms with Crippen LogP contribution < -0.4 is 5.32 Å². The Bertz CT molecular complexity index is 272. The van der Waals surface area contributed by atoms with Crippen LogP contribution in [0.3, 0.4) is 0 Å². The van der Waals surface area contributed by atoms with Crippen molar-refractivity contribution in [1.82, 2.24) is 5.32 Å². The molecule has 0 amide bonds. The van der Waals surface area contributed by atoms with Gasteiger partial charge in [0.25, 0.3) is 0 Å². The molecule has 0 spiro atoms. The Balaban J connectivity index is 2.10. The lowest BCUT2D eigenvalue weighted by Gasteiger charge is -1.94. The molecule has 2 atom stereocenters. The molecule has 1 aliphatic rings. The Hall–Kier alpha value is -0.930. The van der Waals surface area contributed by atoms with Crippen molar-refractivity contribution in [3.63, 3.8) is 0 Å². The molecule has 2 nitrogen and oxygen atoms in total. The Morgan fingerprint density at radius 3 is 2.50 bits per heavy atom. The average Bonchev–Trinajstić information content (AvgIpc) is 2.85. The summed E-state index contributed by atoms with van der Waals surface area (Å²) in [5, 5.41) is 2.99. The van der Waals surface area contributed by atoms with Crippen LogP contribution >= 0.6 is 0 Å². The zero-order valence-electron chi connectivity index (χ0n) is 6.75. The molecular formula is C9H10FNO. The molecule has 1 aromatic carbocycles. The smallest absolute Gasteiger partial charge is 0.139 e. The molecule has 12 heavy (non-hydrogen) atoms. The van der Waals surface area contributed by atoms with E-state index in [1.165, 1.54) is 12.1 Å². The van der Waals surface area contributed by atoms with Crippen LogP contribution in [0.15, 0.2) is 24.3 Å². The maximum atomic E-state index is 12.5. The Morgan fingerprint density at radius 1 is 1.33 bits per heavy atom. The highest BCUT2D eigenvalue weighted by Crippen LogP contribution is 2.36. The molecule has 2 unspecified atom stereocenters. The molecule has 1 heterocycles. The number of likely N-dealkylation sites (N-methyl/N-ethyl adjacent to an activating group) is 1. The van der Waals surface area contributed by atoms with Crippen molar-refractivity contribution in [3.8, 4) is 0 Å². The molecular weight excluding hydrogens is 157 g/mol. The summed E-state index contributed by atoms with van der Waals surface area (Å²) in [7, 11) is 1.84. The molecule has 0 saturated carbocycles. The van der Waals surface area contributed by atoms with Crippen LogP contribution in [0.4, 0.5) is 4.39 Å². The Labute approximate surface area is 70.3 Å². The van der Waals surface area contributed by atoms with Crippen LogP contribution in [0.5, 0.6) is 0 Å². The molecule has 0 bridgehead atoms. The second-order valence-electron chi connectivity index (χ2n) is 2.82. The minimum atomic E-state index is -0.208. The molecule has 1 aromatic rings. The number of halogens is 1. The van der Waals surface area contributed by atoms with Gasteiger partial charge in [-0.2, -0.15) is 0 Å². The first-order valence-corrected chi connectivity index (χ1v) is 3.89. The minimum Gasteiger partial charge on any atom is -0.348 e. The lowest BCUT2D eigenvalue weighted by atomic mass is 10.1. The fourth-order valence-electron chi connectivity index (χ4n) is 1.24. The van der Waals surface area contributed by atoms with Crippen molar-refractivity contribution in [1.29, 1.82) is 0 Å². The molecule has 0 radical (unpaired) electrons. The fraction of sp³-hybridized carbons (Fsp3) is 0.333. The minimum absolute atomic E-state index is 0.107. The fourth-order valence-corrected chi connectivity index (χ4v) is 1.24. The summed E-state index contributed by atoms with van der Waals surface area (Å²) >= 11 is 0. The monoisotopic (exact) mass is 167 g/mol. The molecule has 64 valence electrons. The molecule has 1 N–H and O–H groups in total. The van der Waals surface area contributed by atoms with E-state index in [4.69, 9.17) is 4.74 Å². The van der Waals surface area contributed by atoms with Crippen molar-refractivity contribution < 1.29 is 9.13 Å². The van der Waals surface area contributed by atoms with Gasteiger partial charge in [-0.15, -0.1) is 0 Å². The van der Waals surface area contributed by atoms with Crippen LogP contribution in [0, 0.1) is 5.82 Å². The number of nitrogens with one attached hydrogen (secondary N) is 1. The van der Waals surface area contributed by atoms with Crippen LogP contribution in [-0.2, 0) is 4.74 Å². The van der Waals surface area contributed by atoms with E-state index in [0.29, 0.717) is 0 Å². The van der Waals surface area contributed by atoms with Crippen LogP contribution in [0.2, 0.25) is 0 Å². The highest BCUT2D eigenvalue weighted by atomic mass is 19.1. The Kier molecular flexibility index (Phi) is 1.83. The van der Waals surface area contributed by atoms with Gasteiger partial charge in [-0.05, 0) is 24.7 Å². The van der Waals surface area contributed by atoms with Gasteiger partial charge < -0.3 is 4.74 Å². The predicted molar refractivity (Wildman–Crippen MR) is 43.1 cm³/mol. The Morgan fingerprint density at radius 2 is 2.00 bits per heavy atom. The van der Waals surface area contributed by atoms with Crippen molar-refractivity contribution in [2.75, 3.05) is 7.05 Å². The maximum absolute atomic E-state index is 12.5. The molecule has 0 aromatic heterocycles. The van der Waals surface area contributed by atoms with E-state index in [-0.39, 0.29) is 18.1 Å². The summed E-state index contributed by atoms with van der Waals surface area (Å²) in [6.45, 7) is 0. The van der Waals surface area contributed by atoms with Crippen molar-refractivity contribution >= 4 is 0 Å². The molecule has 3 heteroatoms. The van der Waals surface area contributed by atoms with E-state index in [0.717, 1.165) is 5.56 Å². The third-order valence-corrected chi connectivity index (χ3v) is 1.97. The van der Waals surface area contributed by atoms with E-state index in [2.05, 4.69) is 5.32 Å². The van der Waals surface area contributed by atoms with E-state index in [1.54, 1.807) is 12.1 Å². The highest BCUT2D eigenvalue weighted by molar-refractivity contribution is 5.22. The van der Waals surface area contributed by atoms with Gasteiger partial charge in [0.15, 0.2) is 0 Å².